The minimum atomic E-state index is -5.11. The van der Waals surface area contributed by atoms with Crippen LogP contribution in [0.4, 0.5) is 5.82 Å². The van der Waals surface area contributed by atoms with Gasteiger partial charge in [0.1, 0.15) is 30.2 Å². The number of fused-ring (bicyclic) bond motifs is 1. The number of hydrogen-bond acceptors (Lipinski definition) is 12. The number of ether oxygens (including phenoxy) is 1. The van der Waals surface area contributed by atoms with Gasteiger partial charge in [-0.05, 0) is 0 Å². The van der Waals surface area contributed by atoms with Gasteiger partial charge < -0.3 is 30.5 Å². The second-order valence-electron chi connectivity index (χ2n) is 6.23. The third-order valence-electron chi connectivity index (χ3n) is 4.11. The van der Waals surface area contributed by atoms with Crippen LogP contribution >= 0.6 is 15.6 Å². The summed E-state index contributed by atoms with van der Waals surface area (Å²) in [6.45, 7) is -1.17. The lowest BCUT2D eigenvalue weighted by Crippen LogP contribution is -2.33. The molecule has 1 aliphatic heterocycles. The first kappa shape index (κ1) is 23.7. The first-order valence-electron chi connectivity index (χ1n) is 8.59. The van der Waals surface area contributed by atoms with E-state index in [0.29, 0.717) is 0 Å². The highest BCUT2D eigenvalue weighted by Gasteiger charge is 2.46. The summed E-state index contributed by atoms with van der Waals surface area (Å²) in [4.78, 5) is 30.9. The number of imidazole rings is 1. The Bertz CT molecular complexity index is 1070. The number of aromatic nitrogens is 4. The summed E-state index contributed by atoms with van der Waals surface area (Å²) < 4.78 is 43.5. The van der Waals surface area contributed by atoms with Crippen molar-refractivity contribution in [2.45, 2.75) is 31.0 Å². The van der Waals surface area contributed by atoms with Gasteiger partial charge in [0.2, 0.25) is 0 Å². The number of terminal acetylenes is 1. The molecule has 2 aromatic heterocycles. The maximum Gasteiger partial charge on any atom is 0.481 e. The average Bonchev–Trinajstić information content (AvgIpc) is 3.22. The maximum atomic E-state index is 11.9. The lowest BCUT2D eigenvalue weighted by molar-refractivity contribution is -0.0504. The standard InChI is InChI=1S/C14H19N5O10P2/c1-2-3-4-26-30(22,23)29-31(24,25)27-5-8-10(20)11(21)14(28-8)19-7-18-9-12(15)16-6-17-13(9)19/h1,6-8,10-11,14,20-21H,3-5H2,(H,22,23)(H,24,25)(H2,15,16,17)/t8-,10-,11-,14-/m1/s1. The molecule has 0 aliphatic carbocycles. The summed E-state index contributed by atoms with van der Waals surface area (Å²) in [5.74, 6) is 2.23. The SMILES string of the molecule is C#CCCOP(=O)(O)OP(=O)(O)OC[C@H]1O[C@@H](n2cnc3c(N)ncnc32)[C@H](O)[C@@H]1O. The third kappa shape index (κ3) is 5.46. The highest BCUT2D eigenvalue weighted by atomic mass is 31.3. The van der Waals surface area contributed by atoms with Crippen LogP contribution in [0.25, 0.3) is 11.2 Å². The van der Waals surface area contributed by atoms with Gasteiger partial charge in [0.05, 0.1) is 19.5 Å². The Kier molecular flexibility index (Phi) is 7.09. The molecule has 31 heavy (non-hydrogen) atoms. The van der Waals surface area contributed by atoms with E-state index in [1.165, 1.54) is 17.2 Å². The quantitative estimate of drug-likeness (QED) is 0.171. The van der Waals surface area contributed by atoms with E-state index in [9.17, 15) is 29.1 Å². The van der Waals surface area contributed by atoms with E-state index in [0.717, 1.165) is 0 Å². The Morgan fingerprint density at radius 1 is 1.19 bits per heavy atom. The van der Waals surface area contributed by atoms with E-state index in [1.54, 1.807) is 0 Å². The molecule has 15 nitrogen and oxygen atoms in total. The molecule has 0 saturated carbocycles. The van der Waals surface area contributed by atoms with E-state index < -0.39 is 53.4 Å². The van der Waals surface area contributed by atoms with E-state index in [-0.39, 0.29) is 23.4 Å². The van der Waals surface area contributed by atoms with Gasteiger partial charge in [-0.2, -0.15) is 4.31 Å². The van der Waals surface area contributed by atoms with Crippen molar-refractivity contribution in [1.29, 1.82) is 0 Å². The number of aliphatic hydroxyl groups is 2. The van der Waals surface area contributed by atoms with Gasteiger partial charge in [0, 0.05) is 6.42 Å². The van der Waals surface area contributed by atoms with Crippen LogP contribution < -0.4 is 5.73 Å². The van der Waals surface area contributed by atoms with Crippen LogP contribution in [0.15, 0.2) is 12.7 Å². The van der Waals surface area contributed by atoms with Gasteiger partial charge in [-0.15, -0.1) is 12.3 Å². The van der Waals surface area contributed by atoms with Crippen LogP contribution in [0.1, 0.15) is 12.6 Å². The fourth-order valence-corrected chi connectivity index (χ4v) is 4.80. The smallest absolute Gasteiger partial charge is 0.387 e. The van der Waals surface area contributed by atoms with Crippen LogP contribution in [0, 0.1) is 12.3 Å². The summed E-state index contributed by atoms with van der Waals surface area (Å²) in [5, 5.41) is 20.5. The lowest BCUT2D eigenvalue weighted by atomic mass is 10.1. The van der Waals surface area contributed by atoms with Crippen molar-refractivity contribution >= 4 is 32.6 Å². The molecule has 3 rings (SSSR count). The van der Waals surface area contributed by atoms with E-state index >= 15 is 0 Å². The van der Waals surface area contributed by atoms with Crippen molar-refractivity contribution in [1.82, 2.24) is 19.5 Å². The molecular formula is C14H19N5O10P2. The van der Waals surface area contributed by atoms with Gasteiger partial charge in [-0.25, -0.2) is 24.1 Å². The van der Waals surface area contributed by atoms with E-state index in [2.05, 4.69) is 34.2 Å². The summed E-state index contributed by atoms with van der Waals surface area (Å²) in [5.41, 5.74) is 6.16. The van der Waals surface area contributed by atoms with Crippen LogP contribution in [-0.2, 0) is 27.2 Å². The largest absolute Gasteiger partial charge is 0.481 e. The number of nitrogens with zero attached hydrogens (tertiary/aromatic N) is 4. The Balaban J connectivity index is 1.65. The molecule has 0 radical (unpaired) electrons. The molecule has 170 valence electrons. The van der Waals surface area contributed by atoms with E-state index in [4.69, 9.17) is 16.9 Å². The molecule has 0 aromatic carbocycles. The van der Waals surface area contributed by atoms with Crippen molar-refractivity contribution in [3.63, 3.8) is 0 Å². The Morgan fingerprint density at radius 2 is 1.90 bits per heavy atom. The minimum Gasteiger partial charge on any atom is -0.387 e. The molecule has 3 heterocycles. The number of nitrogen functional groups attached to an aromatic ring is 1. The van der Waals surface area contributed by atoms with Crippen LogP contribution in [0.5, 0.6) is 0 Å². The first-order chi connectivity index (χ1) is 14.5. The van der Waals surface area contributed by atoms with Gasteiger partial charge in [-0.3, -0.25) is 13.6 Å². The van der Waals surface area contributed by atoms with Crippen molar-refractivity contribution in [3.05, 3.63) is 12.7 Å². The summed E-state index contributed by atoms with van der Waals surface area (Å²) >= 11 is 0. The molecule has 0 amide bonds. The highest BCUT2D eigenvalue weighted by molar-refractivity contribution is 7.61. The molecule has 0 spiro atoms. The molecule has 0 bridgehead atoms. The molecule has 2 aromatic rings. The number of phosphoric acid groups is 2. The zero-order valence-corrected chi connectivity index (χ0v) is 17.5. The third-order valence-corrected chi connectivity index (χ3v) is 6.74. The molecule has 17 heteroatoms. The molecule has 6 N–H and O–H groups in total. The Morgan fingerprint density at radius 3 is 2.61 bits per heavy atom. The van der Waals surface area contributed by atoms with E-state index in [1.807, 2.05) is 0 Å². The molecule has 1 saturated heterocycles. The molecule has 2 unspecified atom stereocenters. The van der Waals surface area contributed by atoms with Crippen molar-refractivity contribution < 1.29 is 47.2 Å². The monoisotopic (exact) mass is 479 g/mol. The molecule has 1 fully saturated rings. The number of rotatable bonds is 9. The Labute approximate surface area is 175 Å². The number of anilines is 1. The minimum absolute atomic E-state index is 0.0363. The summed E-state index contributed by atoms with van der Waals surface area (Å²) in [6, 6.07) is 0. The second-order valence-corrected chi connectivity index (χ2v) is 9.27. The molecule has 6 atom stereocenters. The van der Waals surface area contributed by atoms with Crippen molar-refractivity contribution in [2.75, 3.05) is 18.9 Å². The molecular weight excluding hydrogens is 460 g/mol. The summed E-state index contributed by atoms with van der Waals surface area (Å²) in [7, 11) is -10.0. The maximum absolute atomic E-state index is 11.9. The number of nitrogens with two attached hydrogens (primary N) is 1. The fraction of sp³-hybridized carbons (Fsp3) is 0.500. The predicted molar refractivity (Wildman–Crippen MR) is 102 cm³/mol. The number of aliphatic hydroxyl groups excluding tert-OH is 2. The topological polar surface area (TPSA) is 222 Å². The van der Waals surface area contributed by atoms with Crippen molar-refractivity contribution in [3.8, 4) is 12.3 Å². The Hall–Kier alpha value is -1.95. The van der Waals surface area contributed by atoms with Crippen LogP contribution in [0.3, 0.4) is 0 Å². The molecule has 1 aliphatic rings. The average molecular weight is 479 g/mol. The number of phosphoric ester groups is 2. The normalized spacial score (nSPS) is 27.6. The van der Waals surface area contributed by atoms with Crippen molar-refractivity contribution in [2.24, 2.45) is 0 Å². The highest BCUT2D eigenvalue weighted by Crippen LogP contribution is 2.60. The zero-order chi connectivity index (χ0) is 22.8. The zero-order valence-electron chi connectivity index (χ0n) is 15.7. The fourth-order valence-electron chi connectivity index (χ4n) is 2.72. The first-order valence-corrected chi connectivity index (χ1v) is 11.6. The van der Waals surface area contributed by atoms with Gasteiger partial charge in [0.15, 0.2) is 17.7 Å². The number of hydrogen-bond donors (Lipinski definition) is 5. The lowest BCUT2D eigenvalue weighted by Gasteiger charge is -2.19. The van der Waals surface area contributed by atoms with Crippen LogP contribution in [-0.4, -0.2) is 71.0 Å². The second kappa shape index (κ2) is 9.27. The van der Waals surface area contributed by atoms with Gasteiger partial charge in [-0.1, -0.05) is 0 Å². The van der Waals surface area contributed by atoms with Crippen LogP contribution in [0.2, 0.25) is 0 Å². The predicted octanol–water partition coefficient (Wildman–Crippen LogP) is -0.698. The summed E-state index contributed by atoms with van der Waals surface area (Å²) in [6.07, 6.45) is 1.78. The van der Waals surface area contributed by atoms with Gasteiger partial charge in [0.25, 0.3) is 0 Å². The van der Waals surface area contributed by atoms with Gasteiger partial charge >= 0.3 is 15.6 Å².